The second kappa shape index (κ2) is 9.01. The normalized spacial score (nSPS) is 17.5. The first-order chi connectivity index (χ1) is 10.7. The van der Waals surface area contributed by atoms with E-state index in [0.717, 1.165) is 24.1 Å². The highest BCUT2D eigenvalue weighted by Gasteiger charge is 2.14. The van der Waals surface area contributed by atoms with Crippen molar-refractivity contribution in [1.29, 1.82) is 0 Å². The molecule has 1 aromatic carbocycles. The van der Waals surface area contributed by atoms with Crippen LogP contribution in [0.5, 0.6) is 0 Å². The van der Waals surface area contributed by atoms with E-state index in [2.05, 4.69) is 27.4 Å². The largest absolute Gasteiger partial charge is 0.356 e. The minimum atomic E-state index is 0.618. The molecule has 122 valence electrons. The van der Waals surface area contributed by atoms with E-state index in [1.807, 2.05) is 31.3 Å². The number of guanidine groups is 1. The molecular formula is C17H27ClN4. The lowest BCUT2D eigenvalue weighted by Crippen LogP contribution is -2.41. The van der Waals surface area contributed by atoms with Gasteiger partial charge in [0.15, 0.2) is 5.96 Å². The van der Waals surface area contributed by atoms with Crippen molar-refractivity contribution in [1.82, 2.24) is 15.5 Å². The van der Waals surface area contributed by atoms with Crippen LogP contribution in [-0.2, 0) is 6.54 Å². The van der Waals surface area contributed by atoms with E-state index in [1.54, 1.807) is 0 Å². The van der Waals surface area contributed by atoms with Gasteiger partial charge in [-0.15, -0.1) is 0 Å². The number of hydrogen-bond donors (Lipinski definition) is 2. The van der Waals surface area contributed by atoms with Gasteiger partial charge in [-0.25, -0.2) is 0 Å². The Bertz CT molecular complexity index is 466. The lowest BCUT2D eigenvalue weighted by molar-refractivity contribution is 0.287. The molecule has 1 saturated heterocycles. The number of rotatable bonds is 6. The fraction of sp³-hybridized carbons (Fsp3) is 0.588. The highest BCUT2D eigenvalue weighted by atomic mass is 35.5. The van der Waals surface area contributed by atoms with Crippen molar-refractivity contribution >= 4 is 17.6 Å². The van der Waals surface area contributed by atoms with Gasteiger partial charge in [-0.3, -0.25) is 4.99 Å². The molecule has 5 heteroatoms. The summed E-state index contributed by atoms with van der Waals surface area (Å²) in [6, 6.07) is 7.87. The molecule has 0 bridgehead atoms. The summed E-state index contributed by atoms with van der Waals surface area (Å²) in [4.78, 5) is 6.83. The third-order valence-corrected chi connectivity index (χ3v) is 4.24. The quantitative estimate of drug-likeness (QED) is 0.625. The first-order valence-electron chi connectivity index (χ1n) is 8.08. The molecule has 1 heterocycles. The van der Waals surface area contributed by atoms with Crippen LogP contribution in [0, 0.1) is 5.92 Å². The highest BCUT2D eigenvalue weighted by molar-refractivity contribution is 6.30. The van der Waals surface area contributed by atoms with Crippen LogP contribution in [0.3, 0.4) is 0 Å². The predicted molar refractivity (Wildman–Crippen MR) is 94.5 cm³/mol. The molecule has 2 rings (SSSR count). The Morgan fingerprint density at radius 1 is 1.23 bits per heavy atom. The van der Waals surface area contributed by atoms with Crippen molar-refractivity contribution in [2.45, 2.75) is 26.3 Å². The van der Waals surface area contributed by atoms with Gasteiger partial charge < -0.3 is 15.5 Å². The zero-order valence-corrected chi connectivity index (χ0v) is 14.4. The minimum absolute atomic E-state index is 0.618. The monoisotopic (exact) mass is 322 g/mol. The SMILES string of the molecule is CN=C(NCc1ccc(Cl)cc1)NCC(C)CN1CCCC1. The van der Waals surface area contributed by atoms with Gasteiger partial charge in [-0.1, -0.05) is 30.7 Å². The number of nitrogens with zero attached hydrogens (tertiary/aromatic N) is 2. The number of aliphatic imine (C=N–C) groups is 1. The molecule has 0 spiro atoms. The van der Waals surface area contributed by atoms with E-state index < -0.39 is 0 Å². The Morgan fingerprint density at radius 3 is 2.55 bits per heavy atom. The average molecular weight is 323 g/mol. The Balaban J connectivity index is 1.69. The van der Waals surface area contributed by atoms with E-state index in [0.29, 0.717) is 5.92 Å². The van der Waals surface area contributed by atoms with Crippen molar-refractivity contribution in [3.8, 4) is 0 Å². The molecule has 2 N–H and O–H groups in total. The Labute approximate surface area is 138 Å². The fourth-order valence-corrected chi connectivity index (χ4v) is 2.88. The molecule has 4 nitrogen and oxygen atoms in total. The number of halogens is 1. The van der Waals surface area contributed by atoms with Gasteiger partial charge in [0.05, 0.1) is 0 Å². The molecule has 0 radical (unpaired) electrons. The average Bonchev–Trinajstić information content (AvgIpc) is 3.02. The van der Waals surface area contributed by atoms with Gasteiger partial charge in [-0.05, 0) is 49.5 Å². The smallest absolute Gasteiger partial charge is 0.191 e. The van der Waals surface area contributed by atoms with Gasteiger partial charge in [0, 0.05) is 31.7 Å². The maximum absolute atomic E-state index is 5.90. The van der Waals surface area contributed by atoms with Crippen LogP contribution in [0.25, 0.3) is 0 Å². The predicted octanol–water partition coefficient (Wildman–Crippen LogP) is 2.74. The minimum Gasteiger partial charge on any atom is -0.356 e. The van der Waals surface area contributed by atoms with Crippen LogP contribution in [0.15, 0.2) is 29.3 Å². The maximum atomic E-state index is 5.90. The summed E-state index contributed by atoms with van der Waals surface area (Å²) < 4.78 is 0. The van der Waals surface area contributed by atoms with Gasteiger partial charge in [0.1, 0.15) is 0 Å². The van der Waals surface area contributed by atoms with Crippen LogP contribution in [0.1, 0.15) is 25.3 Å². The Kier molecular flexibility index (Phi) is 7.00. The molecule has 0 aromatic heterocycles. The van der Waals surface area contributed by atoms with E-state index in [9.17, 15) is 0 Å². The Morgan fingerprint density at radius 2 is 1.91 bits per heavy atom. The second-order valence-corrected chi connectivity index (χ2v) is 6.48. The molecule has 0 aliphatic carbocycles. The summed E-state index contributed by atoms with van der Waals surface area (Å²) in [7, 11) is 1.81. The summed E-state index contributed by atoms with van der Waals surface area (Å²) in [6.45, 7) is 7.66. The fourth-order valence-electron chi connectivity index (χ4n) is 2.75. The molecule has 1 aliphatic rings. The summed E-state index contributed by atoms with van der Waals surface area (Å²) in [5.74, 6) is 1.47. The first-order valence-corrected chi connectivity index (χ1v) is 8.46. The molecule has 22 heavy (non-hydrogen) atoms. The van der Waals surface area contributed by atoms with Crippen molar-refractivity contribution < 1.29 is 0 Å². The van der Waals surface area contributed by atoms with E-state index >= 15 is 0 Å². The number of benzene rings is 1. The molecule has 1 aromatic rings. The van der Waals surface area contributed by atoms with Crippen LogP contribution in [-0.4, -0.2) is 44.1 Å². The van der Waals surface area contributed by atoms with Crippen molar-refractivity contribution in [2.75, 3.05) is 33.2 Å². The van der Waals surface area contributed by atoms with Gasteiger partial charge >= 0.3 is 0 Å². The number of nitrogens with one attached hydrogen (secondary N) is 2. The van der Waals surface area contributed by atoms with Gasteiger partial charge in [0.2, 0.25) is 0 Å². The van der Waals surface area contributed by atoms with Crippen LogP contribution >= 0.6 is 11.6 Å². The molecule has 1 fully saturated rings. The zero-order chi connectivity index (χ0) is 15.8. The van der Waals surface area contributed by atoms with Crippen molar-refractivity contribution in [3.63, 3.8) is 0 Å². The van der Waals surface area contributed by atoms with Crippen LogP contribution in [0.2, 0.25) is 5.02 Å². The van der Waals surface area contributed by atoms with Crippen molar-refractivity contribution in [3.05, 3.63) is 34.9 Å². The Hall–Kier alpha value is -1.26. The molecule has 0 saturated carbocycles. The third-order valence-electron chi connectivity index (χ3n) is 3.98. The first kappa shape index (κ1) is 17.1. The van der Waals surface area contributed by atoms with Crippen LogP contribution < -0.4 is 10.6 Å². The van der Waals surface area contributed by atoms with E-state index in [4.69, 9.17) is 11.6 Å². The summed E-state index contributed by atoms with van der Waals surface area (Å²) in [5.41, 5.74) is 1.19. The summed E-state index contributed by atoms with van der Waals surface area (Å²) >= 11 is 5.90. The number of likely N-dealkylation sites (tertiary alicyclic amines) is 1. The maximum Gasteiger partial charge on any atom is 0.191 e. The topological polar surface area (TPSA) is 39.7 Å². The molecule has 1 atom stereocenters. The highest BCUT2D eigenvalue weighted by Crippen LogP contribution is 2.10. The van der Waals surface area contributed by atoms with E-state index in [-0.39, 0.29) is 0 Å². The van der Waals surface area contributed by atoms with Crippen LogP contribution in [0.4, 0.5) is 0 Å². The second-order valence-electron chi connectivity index (χ2n) is 6.05. The van der Waals surface area contributed by atoms with Crippen molar-refractivity contribution in [2.24, 2.45) is 10.9 Å². The standard InChI is InChI=1S/C17H27ClN4/c1-14(13-22-9-3-4-10-22)11-20-17(19-2)21-12-15-5-7-16(18)8-6-15/h5-8,14H,3-4,9-13H2,1-2H3,(H2,19,20,21). The zero-order valence-electron chi connectivity index (χ0n) is 13.6. The summed E-state index contributed by atoms with van der Waals surface area (Å²) in [6.07, 6.45) is 2.70. The van der Waals surface area contributed by atoms with Gasteiger partial charge in [0.25, 0.3) is 0 Å². The van der Waals surface area contributed by atoms with E-state index in [1.165, 1.54) is 38.0 Å². The third kappa shape index (κ3) is 5.85. The lowest BCUT2D eigenvalue weighted by Gasteiger charge is -2.21. The molecular weight excluding hydrogens is 296 g/mol. The molecule has 0 amide bonds. The number of hydrogen-bond acceptors (Lipinski definition) is 2. The summed E-state index contributed by atoms with van der Waals surface area (Å²) in [5, 5.41) is 7.51. The molecule has 1 unspecified atom stereocenters. The van der Waals surface area contributed by atoms with Gasteiger partial charge in [-0.2, -0.15) is 0 Å². The molecule has 1 aliphatic heterocycles. The lowest BCUT2D eigenvalue weighted by atomic mass is 10.1.